The molecule has 3 rings (SSSR count). The molecule has 0 spiro atoms. The van der Waals surface area contributed by atoms with E-state index in [0.717, 1.165) is 15.6 Å². The van der Waals surface area contributed by atoms with E-state index in [4.69, 9.17) is 16.3 Å². The summed E-state index contributed by atoms with van der Waals surface area (Å²) in [4.78, 5) is 13.4. The normalized spacial score (nSPS) is 12.3. The summed E-state index contributed by atoms with van der Waals surface area (Å²) < 4.78 is 33.6. The lowest BCUT2D eigenvalue weighted by atomic mass is 9.97. The summed E-state index contributed by atoms with van der Waals surface area (Å²) in [5, 5.41) is 3.46. The highest BCUT2D eigenvalue weighted by atomic mass is 35.5. The Morgan fingerprint density at radius 1 is 1.00 bits per heavy atom. The molecule has 3 aromatic carbocycles. The number of methoxy groups -OCH3 is 1. The number of amides is 1. The van der Waals surface area contributed by atoms with Gasteiger partial charge in [0.25, 0.3) is 10.0 Å². The highest BCUT2D eigenvalue weighted by molar-refractivity contribution is 7.92. The Bertz CT molecular complexity index is 1250. The van der Waals surface area contributed by atoms with Gasteiger partial charge in [0.1, 0.15) is 12.3 Å². The number of hydrogen-bond donors (Lipinski definition) is 1. The number of sulfonamides is 1. The molecule has 1 amide bonds. The Morgan fingerprint density at radius 3 is 2.26 bits per heavy atom. The number of halogens is 1. The highest BCUT2D eigenvalue weighted by Crippen LogP contribution is 2.31. The maximum Gasteiger partial charge on any atom is 0.264 e. The maximum absolute atomic E-state index is 13.6. The molecule has 1 N–H and O–H groups in total. The third-order valence-corrected chi connectivity index (χ3v) is 7.87. The van der Waals surface area contributed by atoms with Crippen molar-refractivity contribution in [2.45, 2.75) is 38.1 Å². The van der Waals surface area contributed by atoms with Crippen LogP contribution in [-0.4, -0.2) is 28.0 Å². The summed E-state index contributed by atoms with van der Waals surface area (Å²) in [6, 6.07) is 20.3. The Hall–Kier alpha value is -3.03. The van der Waals surface area contributed by atoms with Crippen LogP contribution in [0, 0.1) is 12.8 Å². The first-order valence-electron chi connectivity index (χ1n) is 11.4. The van der Waals surface area contributed by atoms with Crippen molar-refractivity contribution in [2.24, 2.45) is 5.92 Å². The molecule has 0 bridgehead atoms. The topological polar surface area (TPSA) is 75.7 Å². The summed E-state index contributed by atoms with van der Waals surface area (Å²) in [6.07, 6.45) is 0.694. The Morgan fingerprint density at radius 2 is 1.66 bits per heavy atom. The van der Waals surface area contributed by atoms with Gasteiger partial charge in [0.2, 0.25) is 5.91 Å². The van der Waals surface area contributed by atoms with Gasteiger partial charge >= 0.3 is 0 Å². The molecule has 0 unspecified atom stereocenters. The van der Waals surface area contributed by atoms with E-state index < -0.39 is 15.9 Å². The predicted molar refractivity (Wildman–Crippen MR) is 140 cm³/mol. The van der Waals surface area contributed by atoms with Crippen molar-refractivity contribution in [1.82, 2.24) is 5.32 Å². The number of benzene rings is 3. The van der Waals surface area contributed by atoms with Crippen molar-refractivity contribution in [1.29, 1.82) is 0 Å². The number of nitrogens with zero attached hydrogens (tertiary/aromatic N) is 1. The van der Waals surface area contributed by atoms with E-state index in [2.05, 4.69) is 19.2 Å². The second-order valence-corrected chi connectivity index (χ2v) is 11.0. The van der Waals surface area contributed by atoms with Crippen LogP contribution in [0.5, 0.6) is 5.75 Å². The molecule has 35 heavy (non-hydrogen) atoms. The first-order chi connectivity index (χ1) is 16.6. The fourth-order valence-electron chi connectivity index (χ4n) is 3.84. The number of carbonyl (C=O) groups excluding carboxylic acids is 1. The van der Waals surface area contributed by atoms with Crippen LogP contribution >= 0.6 is 11.6 Å². The third kappa shape index (κ3) is 6.55. The minimum absolute atomic E-state index is 0.0982. The molecule has 0 aliphatic heterocycles. The van der Waals surface area contributed by atoms with Crippen molar-refractivity contribution in [3.05, 3.63) is 88.9 Å². The standard InChI is InChI=1S/C27H31ClN2O4S/c1-19(2)17-25(21-13-15-22(34-4)16-14-21)29-27(31)18-30(26-12-8-11-24(28)20(26)3)35(32,33)23-9-6-5-7-10-23/h5-16,19,25H,17-18H2,1-4H3,(H,29,31)/t25-/m1/s1. The number of carbonyl (C=O) groups is 1. The van der Waals surface area contributed by atoms with Gasteiger partial charge in [0.15, 0.2) is 0 Å². The van der Waals surface area contributed by atoms with Crippen LogP contribution in [0.25, 0.3) is 0 Å². The van der Waals surface area contributed by atoms with Crippen LogP contribution < -0.4 is 14.4 Å². The SMILES string of the molecule is COc1ccc([C@@H](CC(C)C)NC(=O)CN(c2cccc(Cl)c2C)S(=O)(=O)c2ccccc2)cc1. The molecule has 0 radical (unpaired) electrons. The van der Waals surface area contributed by atoms with Crippen molar-refractivity contribution < 1.29 is 17.9 Å². The lowest BCUT2D eigenvalue weighted by Crippen LogP contribution is -2.42. The van der Waals surface area contributed by atoms with E-state index in [9.17, 15) is 13.2 Å². The molecule has 0 fully saturated rings. The van der Waals surface area contributed by atoms with Crippen LogP contribution in [-0.2, 0) is 14.8 Å². The van der Waals surface area contributed by atoms with E-state index in [0.29, 0.717) is 28.6 Å². The second kappa shape index (κ2) is 11.6. The van der Waals surface area contributed by atoms with Gasteiger partial charge in [0, 0.05) is 5.02 Å². The first kappa shape index (κ1) is 26.6. The molecule has 0 heterocycles. The zero-order valence-corrected chi connectivity index (χ0v) is 21.9. The fraction of sp³-hybridized carbons (Fsp3) is 0.296. The van der Waals surface area contributed by atoms with Crippen molar-refractivity contribution in [3.63, 3.8) is 0 Å². The van der Waals surface area contributed by atoms with Gasteiger partial charge in [-0.15, -0.1) is 0 Å². The van der Waals surface area contributed by atoms with Crippen LogP contribution in [0.3, 0.4) is 0 Å². The van der Waals surface area contributed by atoms with Gasteiger partial charge < -0.3 is 10.1 Å². The molecule has 0 aromatic heterocycles. The third-order valence-electron chi connectivity index (χ3n) is 5.69. The Labute approximate surface area is 212 Å². The average Bonchev–Trinajstić information content (AvgIpc) is 2.84. The quantitative estimate of drug-likeness (QED) is 0.373. The molecule has 0 saturated carbocycles. The lowest BCUT2D eigenvalue weighted by molar-refractivity contribution is -0.120. The van der Waals surface area contributed by atoms with Crippen LogP contribution in [0.15, 0.2) is 77.7 Å². The summed E-state index contributed by atoms with van der Waals surface area (Å²) >= 11 is 6.30. The summed E-state index contributed by atoms with van der Waals surface area (Å²) in [5.41, 5.74) is 1.86. The van der Waals surface area contributed by atoms with E-state index in [-0.39, 0.29) is 17.5 Å². The molecule has 1 atom stereocenters. The molecule has 0 saturated heterocycles. The molecule has 0 aliphatic rings. The van der Waals surface area contributed by atoms with Crippen molar-refractivity contribution >= 4 is 33.2 Å². The molecule has 6 nitrogen and oxygen atoms in total. The maximum atomic E-state index is 13.6. The fourth-order valence-corrected chi connectivity index (χ4v) is 5.51. The smallest absolute Gasteiger partial charge is 0.264 e. The lowest BCUT2D eigenvalue weighted by Gasteiger charge is -2.28. The second-order valence-electron chi connectivity index (χ2n) is 8.73. The van der Waals surface area contributed by atoms with Gasteiger partial charge in [-0.25, -0.2) is 8.42 Å². The number of ether oxygens (including phenoxy) is 1. The number of nitrogens with one attached hydrogen (secondary N) is 1. The minimum Gasteiger partial charge on any atom is -0.497 e. The Kier molecular flexibility index (Phi) is 8.81. The average molecular weight is 515 g/mol. The first-order valence-corrected chi connectivity index (χ1v) is 13.2. The monoisotopic (exact) mass is 514 g/mol. The Balaban J connectivity index is 1.95. The van der Waals surface area contributed by atoms with Crippen molar-refractivity contribution in [3.8, 4) is 5.75 Å². The van der Waals surface area contributed by atoms with Gasteiger partial charge in [-0.1, -0.05) is 61.8 Å². The van der Waals surface area contributed by atoms with Crippen LogP contribution in [0.1, 0.15) is 37.4 Å². The zero-order valence-electron chi connectivity index (χ0n) is 20.4. The van der Waals surface area contributed by atoms with Crippen LogP contribution in [0.2, 0.25) is 5.02 Å². The van der Waals surface area contributed by atoms with Gasteiger partial charge in [0.05, 0.1) is 23.7 Å². The van der Waals surface area contributed by atoms with Gasteiger partial charge in [-0.3, -0.25) is 9.10 Å². The van der Waals surface area contributed by atoms with E-state index in [1.807, 2.05) is 24.3 Å². The van der Waals surface area contributed by atoms with Gasteiger partial charge in [-0.2, -0.15) is 0 Å². The predicted octanol–water partition coefficient (Wildman–Crippen LogP) is 5.76. The van der Waals surface area contributed by atoms with Crippen LogP contribution in [0.4, 0.5) is 5.69 Å². The summed E-state index contributed by atoms with van der Waals surface area (Å²) in [7, 11) is -2.42. The highest BCUT2D eigenvalue weighted by Gasteiger charge is 2.29. The van der Waals surface area contributed by atoms with Gasteiger partial charge in [-0.05, 0) is 66.8 Å². The molecule has 3 aromatic rings. The number of anilines is 1. The largest absolute Gasteiger partial charge is 0.497 e. The molecule has 8 heteroatoms. The zero-order chi connectivity index (χ0) is 25.6. The number of hydrogen-bond acceptors (Lipinski definition) is 4. The van der Waals surface area contributed by atoms with E-state index in [1.54, 1.807) is 50.4 Å². The molecule has 186 valence electrons. The molecular formula is C27H31ClN2O4S. The molecular weight excluding hydrogens is 484 g/mol. The molecule has 0 aliphatic carbocycles. The minimum atomic E-state index is -4.02. The number of rotatable bonds is 10. The van der Waals surface area contributed by atoms with E-state index >= 15 is 0 Å². The summed E-state index contributed by atoms with van der Waals surface area (Å²) in [5.74, 6) is 0.618. The van der Waals surface area contributed by atoms with Crippen molar-refractivity contribution in [2.75, 3.05) is 18.0 Å². The summed E-state index contributed by atoms with van der Waals surface area (Å²) in [6.45, 7) is 5.50. The van der Waals surface area contributed by atoms with E-state index in [1.165, 1.54) is 12.1 Å².